The molecular formula is C14H18N4O. The van der Waals surface area contributed by atoms with Gasteiger partial charge in [-0.15, -0.1) is 0 Å². The molecule has 1 N–H and O–H groups in total. The molecule has 5 nitrogen and oxygen atoms in total. The summed E-state index contributed by atoms with van der Waals surface area (Å²) in [5, 5.41) is 6.98. The highest BCUT2D eigenvalue weighted by Crippen LogP contribution is 2.14. The fourth-order valence-electron chi connectivity index (χ4n) is 1.82. The Labute approximate surface area is 112 Å². The van der Waals surface area contributed by atoms with Crippen molar-refractivity contribution < 1.29 is 4.79 Å². The highest BCUT2D eigenvalue weighted by molar-refractivity contribution is 5.89. The van der Waals surface area contributed by atoms with Gasteiger partial charge in [0.2, 0.25) is 0 Å². The minimum absolute atomic E-state index is 0.127. The number of carbonyl (C=O) groups is 1. The van der Waals surface area contributed by atoms with Gasteiger partial charge in [-0.2, -0.15) is 5.10 Å². The van der Waals surface area contributed by atoms with Gasteiger partial charge in [0.05, 0.1) is 12.7 Å². The number of urea groups is 1. The van der Waals surface area contributed by atoms with Gasteiger partial charge in [-0.1, -0.05) is 18.2 Å². The molecule has 0 saturated heterocycles. The normalized spacial score (nSPS) is 10.3. The lowest BCUT2D eigenvalue weighted by molar-refractivity contribution is 0.220. The first-order valence-corrected chi connectivity index (χ1v) is 6.11. The molecule has 2 aromatic rings. The number of para-hydroxylation sites is 1. The van der Waals surface area contributed by atoms with E-state index in [1.165, 1.54) is 0 Å². The van der Waals surface area contributed by atoms with Crippen LogP contribution < -0.4 is 5.32 Å². The lowest BCUT2D eigenvalue weighted by Crippen LogP contribution is -2.30. The summed E-state index contributed by atoms with van der Waals surface area (Å²) in [5.41, 5.74) is 2.89. The number of hydrogen-bond donors (Lipinski definition) is 1. The molecule has 100 valence electrons. The molecule has 0 aliphatic carbocycles. The Morgan fingerprint density at radius 2 is 2.16 bits per heavy atom. The number of aromatic nitrogens is 2. The maximum Gasteiger partial charge on any atom is 0.321 e. The summed E-state index contributed by atoms with van der Waals surface area (Å²) in [7, 11) is 3.62. The molecule has 0 bridgehead atoms. The molecule has 0 spiro atoms. The number of rotatable bonds is 3. The van der Waals surface area contributed by atoms with E-state index in [0.717, 1.165) is 16.8 Å². The van der Waals surface area contributed by atoms with E-state index in [1.54, 1.807) is 22.8 Å². The highest BCUT2D eigenvalue weighted by atomic mass is 16.2. The molecule has 1 aromatic carbocycles. The lowest BCUT2D eigenvalue weighted by Gasteiger charge is -2.18. The van der Waals surface area contributed by atoms with Gasteiger partial charge in [0.15, 0.2) is 0 Å². The Bertz CT molecular complexity index is 576. The predicted octanol–water partition coefficient (Wildman–Crippen LogP) is 2.39. The first-order valence-electron chi connectivity index (χ1n) is 6.11. The van der Waals surface area contributed by atoms with E-state index < -0.39 is 0 Å². The van der Waals surface area contributed by atoms with Crippen molar-refractivity contribution in [1.82, 2.24) is 14.7 Å². The van der Waals surface area contributed by atoms with E-state index in [4.69, 9.17) is 0 Å². The average molecular weight is 258 g/mol. The highest BCUT2D eigenvalue weighted by Gasteiger charge is 2.11. The van der Waals surface area contributed by atoms with Crippen LogP contribution >= 0.6 is 0 Å². The number of carbonyl (C=O) groups excluding carboxylic acids is 1. The van der Waals surface area contributed by atoms with Gasteiger partial charge in [0.25, 0.3) is 0 Å². The van der Waals surface area contributed by atoms with Crippen molar-refractivity contribution in [3.8, 4) is 0 Å². The van der Waals surface area contributed by atoms with Gasteiger partial charge < -0.3 is 10.2 Å². The zero-order valence-corrected chi connectivity index (χ0v) is 11.4. The minimum atomic E-state index is -0.127. The topological polar surface area (TPSA) is 50.2 Å². The second-order valence-electron chi connectivity index (χ2n) is 4.62. The van der Waals surface area contributed by atoms with Crippen molar-refractivity contribution in [2.24, 2.45) is 7.05 Å². The van der Waals surface area contributed by atoms with Crippen LogP contribution in [-0.4, -0.2) is 27.8 Å². The number of benzene rings is 1. The van der Waals surface area contributed by atoms with Gasteiger partial charge in [0, 0.05) is 31.5 Å². The molecule has 1 heterocycles. The van der Waals surface area contributed by atoms with Crippen LogP contribution in [0.4, 0.5) is 10.5 Å². The van der Waals surface area contributed by atoms with Gasteiger partial charge in [-0.3, -0.25) is 4.68 Å². The molecule has 5 heteroatoms. The number of nitrogens with one attached hydrogen (secondary N) is 1. The smallest absolute Gasteiger partial charge is 0.321 e. The fourth-order valence-corrected chi connectivity index (χ4v) is 1.82. The van der Waals surface area contributed by atoms with Crippen LogP contribution in [0.25, 0.3) is 0 Å². The van der Waals surface area contributed by atoms with Gasteiger partial charge in [0.1, 0.15) is 0 Å². The number of anilines is 1. The van der Waals surface area contributed by atoms with Crippen LogP contribution in [0, 0.1) is 6.92 Å². The molecule has 1 aromatic heterocycles. The lowest BCUT2D eigenvalue weighted by atomic mass is 10.2. The Hall–Kier alpha value is -2.30. The summed E-state index contributed by atoms with van der Waals surface area (Å²) in [5.74, 6) is 0. The first-order chi connectivity index (χ1) is 9.06. The largest absolute Gasteiger partial charge is 0.323 e. The third-order valence-corrected chi connectivity index (χ3v) is 2.91. The minimum Gasteiger partial charge on any atom is -0.323 e. The van der Waals surface area contributed by atoms with E-state index in [9.17, 15) is 4.79 Å². The van der Waals surface area contributed by atoms with Crippen molar-refractivity contribution in [3.05, 3.63) is 47.8 Å². The van der Waals surface area contributed by atoms with Crippen molar-refractivity contribution in [2.75, 3.05) is 12.4 Å². The average Bonchev–Trinajstić information content (AvgIpc) is 2.77. The van der Waals surface area contributed by atoms with E-state index >= 15 is 0 Å². The molecule has 2 amide bonds. The molecule has 0 unspecified atom stereocenters. The molecule has 0 radical (unpaired) electrons. The molecule has 0 aliphatic rings. The SMILES string of the molecule is Cc1ccccc1NC(=O)N(C)Cc1cnn(C)c1. The van der Waals surface area contributed by atoms with Crippen LogP contribution in [0.15, 0.2) is 36.7 Å². The number of amides is 2. The summed E-state index contributed by atoms with van der Waals surface area (Å²) >= 11 is 0. The van der Waals surface area contributed by atoms with E-state index in [0.29, 0.717) is 6.54 Å². The number of nitrogens with zero attached hydrogens (tertiary/aromatic N) is 3. The Balaban J connectivity index is 1.98. The van der Waals surface area contributed by atoms with Crippen LogP contribution in [0.5, 0.6) is 0 Å². The van der Waals surface area contributed by atoms with E-state index in [-0.39, 0.29) is 6.03 Å². The third kappa shape index (κ3) is 3.34. The second-order valence-corrected chi connectivity index (χ2v) is 4.62. The van der Waals surface area contributed by atoms with Crippen molar-refractivity contribution >= 4 is 11.7 Å². The molecule has 19 heavy (non-hydrogen) atoms. The summed E-state index contributed by atoms with van der Waals surface area (Å²) in [6, 6.07) is 7.59. The predicted molar refractivity (Wildman–Crippen MR) is 74.9 cm³/mol. The second kappa shape index (κ2) is 5.56. The fraction of sp³-hybridized carbons (Fsp3) is 0.286. The third-order valence-electron chi connectivity index (χ3n) is 2.91. The van der Waals surface area contributed by atoms with Crippen molar-refractivity contribution in [1.29, 1.82) is 0 Å². The number of aryl methyl sites for hydroxylation is 2. The molecule has 0 atom stereocenters. The molecule has 2 rings (SSSR count). The molecular weight excluding hydrogens is 240 g/mol. The molecule has 0 fully saturated rings. The van der Waals surface area contributed by atoms with Crippen LogP contribution in [0.2, 0.25) is 0 Å². The molecule has 0 saturated carbocycles. The zero-order valence-electron chi connectivity index (χ0n) is 11.4. The number of hydrogen-bond acceptors (Lipinski definition) is 2. The van der Waals surface area contributed by atoms with E-state index in [2.05, 4.69) is 10.4 Å². The van der Waals surface area contributed by atoms with Crippen LogP contribution in [-0.2, 0) is 13.6 Å². The van der Waals surface area contributed by atoms with E-state index in [1.807, 2.05) is 44.4 Å². The van der Waals surface area contributed by atoms with Gasteiger partial charge in [-0.05, 0) is 18.6 Å². The van der Waals surface area contributed by atoms with Gasteiger partial charge in [-0.25, -0.2) is 4.79 Å². The Morgan fingerprint density at radius 1 is 1.42 bits per heavy atom. The summed E-state index contributed by atoms with van der Waals surface area (Å²) in [4.78, 5) is 13.7. The van der Waals surface area contributed by atoms with Crippen LogP contribution in [0.3, 0.4) is 0 Å². The monoisotopic (exact) mass is 258 g/mol. The summed E-state index contributed by atoms with van der Waals surface area (Å²) in [6.45, 7) is 2.50. The van der Waals surface area contributed by atoms with Crippen LogP contribution in [0.1, 0.15) is 11.1 Å². The maximum atomic E-state index is 12.1. The summed E-state index contributed by atoms with van der Waals surface area (Å²) < 4.78 is 1.72. The first kappa shape index (κ1) is 13.1. The maximum absolute atomic E-state index is 12.1. The van der Waals surface area contributed by atoms with Gasteiger partial charge >= 0.3 is 6.03 Å². The van der Waals surface area contributed by atoms with Crippen molar-refractivity contribution in [2.45, 2.75) is 13.5 Å². The Morgan fingerprint density at radius 3 is 2.79 bits per heavy atom. The Kier molecular flexibility index (Phi) is 3.85. The zero-order chi connectivity index (χ0) is 13.8. The quantitative estimate of drug-likeness (QED) is 0.919. The standard InChI is InChI=1S/C14H18N4O/c1-11-6-4-5-7-13(11)16-14(19)17(2)9-12-8-15-18(3)10-12/h4-8,10H,9H2,1-3H3,(H,16,19). The summed E-state index contributed by atoms with van der Waals surface area (Å²) in [6.07, 6.45) is 3.66. The molecule has 0 aliphatic heterocycles. The van der Waals surface area contributed by atoms with Crippen molar-refractivity contribution in [3.63, 3.8) is 0 Å².